The molecule has 9 heteroatoms. The predicted molar refractivity (Wildman–Crippen MR) is 135 cm³/mol. The van der Waals surface area contributed by atoms with Crippen LogP contribution in [0.1, 0.15) is 31.0 Å². The van der Waals surface area contributed by atoms with Crippen molar-refractivity contribution in [3.63, 3.8) is 0 Å². The van der Waals surface area contributed by atoms with Crippen molar-refractivity contribution < 1.29 is 0 Å². The number of aromatic nitrogens is 4. The third-order valence-electron chi connectivity index (χ3n) is 7.17. The topological polar surface area (TPSA) is 117 Å². The Labute approximate surface area is 199 Å². The van der Waals surface area contributed by atoms with Crippen molar-refractivity contribution in [1.82, 2.24) is 20.0 Å². The zero-order chi connectivity index (χ0) is 23.7. The van der Waals surface area contributed by atoms with Gasteiger partial charge in [-0.25, -0.2) is 5.10 Å². The van der Waals surface area contributed by atoms with Crippen molar-refractivity contribution in [3.8, 4) is 6.07 Å². The van der Waals surface area contributed by atoms with E-state index in [2.05, 4.69) is 33.2 Å². The van der Waals surface area contributed by atoms with Crippen LogP contribution in [0.4, 0.5) is 5.69 Å². The Hall–Kier alpha value is -3.67. The minimum absolute atomic E-state index is 0.194. The number of nitrogens with zero attached hydrogens (tertiary/aromatic N) is 5. The van der Waals surface area contributed by atoms with E-state index in [1.165, 1.54) is 0 Å². The van der Waals surface area contributed by atoms with E-state index < -0.39 is 0 Å². The number of nitriles is 1. The number of halogens is 1. The van der Waals surface area contributed by atoms with Gasteiger partial charge in [-0.05, 0) is 48.7 Å². The van der Waals surface area contributed by atoms with E-state index in [1.54, 1.807) is 10.9 Å². The zero-order valence-electron chi connectivity index (χ0n) is 18.8. The number of aryl methyl sites for hydroxylation is 1. The molecular formula is C25H22ClN7O. The number of anilines is 1. The molecule has 0 bridgehead atoms. The average molecular weight is 472 g/mol. The molecule has 3 heterocycles. The van der Waals surface area contributed by atoms with E-state index in [0.717, 1.165) is 57.5 Å². The molecule has 5 aromatic rings. The lowest BCUT2D eigenvalue weighted by atomic mass is 9.92. The largest absolute Gasteiger partial charge is 0.368 e. The lowest BCUT2D eigenvalue weighted by molar-refractivity contribution is 0.735. The van der Waals surface area contributed by atoms with Gasteiger partial charge >= 0.3 is 0 Å². The first kappa shape index (κ1) is 20.9. The maximum atomic E-state index is 12.7. The van der Waals surface area contributed by atoms with Gasteiger partial charge in [-0.3, -0.25) is 9.48 Å². The number of rotatable bonds is 2. The van der Waals surface area contributed by atoms with E-state index in [4.69, 9.17) is 17.3 Å². The standard InChI is InChI=1S/C25H22ClN7O/c1-12-4-3-5-33(12)21-8-19(26)22-15-7-16-14(20(10-28)30-31-25(16)34)6-13(15)18-11-29-32(2)24(18)23(22)17(21)9-27/h6-8,11-12H,3-5,10,28H2,1-2H3,(H,31,34). The van der Waals surface area contributed by atoms with Crippen LogP contribution >= 0.6 is 11.6 Å². The van der Waals surface area contributed by atoms with Gasteiger partial charge < -0.3 is 10.6 Å². The molecule has 0 amide bonds. The second-order valence-electron chi connectivity index (χ2n) is 8.98. The molecule has 0 aliphatic carbocycles. The van der Waals surface area contributed by atoms with Crippen molar-refractivity contribution >= 4 is 60.5 Å². The average Bonchev–Trinajstić information content (AvgIpc) is 3.44. The molecule has 2 aromatic heterocycles. The molecule has 34 heavy (non-hydrogen) atoms. The summed E-state index contributed by atoms with van der Waals surface area (Å²) in [6, 6.07) is 8.48. The fourth-order valence-corrected chi connectivity index (χ4v) is 5.85. The van der Waals surface area contributed by atoms with Crippen LogP contribution in [-0.2, 0) is 13.6 Å². The van der Waals surface area contributed by atoms with Crippen molar-refractivity contribution in [3.05, 3.63) is 51.0 Å². The highest BCUT2D eigenvalue weighted by Gasteiger charge is 2.27. The molecule has 0 spiro atoms. The molecule has 1 unspecified atom stereocenters. The quantitative estimate of drug-likeness (QED) is 0.296. The SMILES string of the molecule is CC1CCCN1c1cc(Cl)c2c3cc4c(=O)[nH]nc(CN)c4cc3c3cnn(C)c3c2c1C#N. The van der Waals surface area contributed by atoms with Crippen LogP contribution in [0, 0.1) is 11.3 Å². The molecule has 1 saturated heterocycles. The Kier molecular flexibility index (Phi) is 4.56. The number of fused-ring (bicyclic) bond motifs is 7. The fourth-order valence-electron chi connectivity index (χ4n) is 5.55. The molecule has 3 N–H and O–H groups in total. The van der Waals surface area contributed by atoms with E-state index in [1.807, 2.05) is 25.2 Å². The molecule has 3 aromatic carbocycles. The van der Waals surface area contributed by atoms with Gasteiger partial charge in [-0.15, -0.1) is 0 Å². The third kappa shape index (κ3) is 2.71. The Morgan fingerprint density at radius 3 is 2.71 bits per heavy atom. The summed E-state index contributed by atoms with van der Waals surface area (Å²) in [5.41, 5.74) is 8.47. The van der Waals surface area contributed by atoms with Crippen molar-refractivity contribution in [2.24, 2.45) is 12.8 Å². The summed E-state index contributed by atoms with van der Waals surface area (Å²) in [4.78, 5) is 15.0. The highest BCUT2D eigenvalue weighted by Crippen LogP contribution is 2.45. The maximum absolute atomic E-state index is 12.7. The number of nitrogens with two attached hydrogens (primary N) is 1. The smallest absolute Gasteiger partial charge is 0.272 e. The minimum atomic E-state index is -0.298. The monoisotopic (exact) mass is 471 g/mol. The molecule has 0 radical (unpaired) electrons. The molecule has 1 aliphatic rings. The van der Waals surface area contributed by atoms with Crippen LogP contribution in [0.3, 0.4) is 0 Å². The summed E-state index contributed by atoms with van der Waals surface area (Å²) in [6.07, 6.45) is 3.95. The van der Waals surface area contributed by atoms with Gasteiger partial charge in [-0.2, -0.15) is 15.5 Å². The lowest BCUT2D eigenvalue weighted by Crippen LogP contribution is -2.27. The summed E-state index contributed by atoms with van der Waals surface area (Å²) < 4.78 is 1.79. The summed E-state index contributed by atoms with van der Waals surface area (Å²) in [5.74, 6) is 0. The second-order valence-corrected chi connectivity index (χ2v) is 9.38. The van der Waals surface area contributed by atoms with Gasteiger partial charge in [0.05, 0.1) is 39.1 Å². The number of nitrogens with one attached hydrogen (secondary N) is 1. The molecule has 170 valence electrons. The van der Waals surface area contributed by atoms with E-state index >= 15 is 0 Å². The van der Waals surface area contributed by atoms with Crippen LogP contribution in [0.2, 0.25) is 5.02 Å². The normalized spacial score (nSPS) is 16.3. The number of aromatic amines is 1. The fraction of sp³-hybridized carbons (Fsp3) is 0.280. The van der Waals surface area contributed by atoms with E-state index in [-0.39, 0.29) is 12.1 Å². The first-order chi connectivity index (χ1) is 16.4. The molecule has 8 nitrogen and oxygen atoms in total. The van der Waals surface area contributed by atoms with Gasteiger partial charge in [-0.1, -0.05) is 11.6 Å². The van der Waals surface area contributed by atoms with Crippen molar-refractivity contribution in [2.75, 3.05) is 11.4 Å². The Morgan fingerprint density at radius 1 is 1.21 bits per heavy atom. The predicted octanol–water partition coefficient (Wildman–Crippen LogP) is 4.09. The van der Waals surface area contributed by atoms with Crippen LogP contribution < -0.4 is 16.2 Å². The van der Waals surface area contributed by atoms with Gasteiger partial charge in [0.15, 0.2) is 0 Å². The Bertz CT molecular complexity index is 1760. The van der Waals surface area contributed by atoms with E-state index in [9.17, 15) is 10.1 Å². The molecule has 1 fully saturated rings. The van der Waals surface area contributed by atoms with E-state index in [0.29, 0.717) is 33.1 Å². The maximum Gasteiger partial charge on any atom is 0.272 e. The van der Waals surface area contributed by atoms with Crippen molar-refractivity contribution in [1.29, 1.82) is 5.26 Å². The molecular weight excluding hydrogens is 450 g/mol. The number of H-pyrrole nitrogens is 1. The third-order valence-corrected chi connectivity index (χ3v) is 7.46. The van der Waals surface area contributed by atoms with Gasteiger partial charge in [0.1, 0.15) is 6.07 Å². The minimum Gasteiger partial charge on any atom is -0.368 e. The second kappa shape index (κ2) is 7.42. The van der Waals surface area contributed by atoms with Gasteiger partial charge in [0.25, 0.3) is 5.56 Å². The van der Waals surface area contributed by atoms with Crippen molar-refractivity contribution in [2.45, 2.75) is 32.4 Å². The van der Waals surface area contributed by atoms with Gasteiger partial charge in [0, 0.05) is 47.7 Å². The first-order valence-electron chi connectivity index (χ1n) is 11.3. The Balaban J connectivity index is 1.88. The molecule has 1 aliphatic heterocycles. The molecule has 1 atom stereocenters. The summed E-state index contributed by atoms with van der Waals surface area (Å²) >= 11 is 6.98. The van der Waals surface area contributed by atoms with Crippen LogP contribution in [-0.4, -0.2) is 32.6 Å². The zero-order valence-corrected chi connectivity index (χ0v) is 19.6. The van der Waals surface area contributed by atoms with Gasteiger partial charge in [0.2, 0.25) is 0 Å². The Morgan fingerprint density at radius 2 is 2.00 bits per heavy atom. The number of benzene rings is 3. The number of hydrogen-bond acceptors (Lipinski definition) is 6. The summed E-state index contributed by atoms with van der Waals surface area (Å²) in [7, 11) is 1.87. The lowest BCUT2D eigenvalue weighted by Gasteiger charge is -2.26. The van der Waals surface area contributed by atoms with Crippen LogP contribution in [0.25, 0.3) is 43.2 Å². The van der Waals surface area contributed by atoms with Crippen LogP contribution in [0.5, 0.6) is 0 Å². The highest BCUT2D eigenvalue weighted by molar-refractivity contribution is 6.42. The van der Waals surface area contributed by atoms with Crippen LogP contribution in [0.15, 0.2) is 29.2 Å². The summed E-state index contributed by atoms with van der Waals surface area (Å²) in [6.45, 7) is 3.25. The summed E-state index contributed by atoms with van der Waals surface area (Å²) in [5, 5.41) is 27.4. The highest BCUT2D eigenvalue weighted by atomic mass is 35.5. The molecule has 6 rings (SSSR count). The first-order valence-corrected chi connectivity index (χ1v) is 11.6. The number of hydrogen-bond donors (Lipinski definition) is 2. The molecule has 0 saturated carbocycles.